The normalized spacial score (nSPS) is 10.6. The zero-order chi connectivity index (χ0) is 10.9. The van der Waals surface area contributed by atoms with Crippen LogP contribution in [0.3, 0.4) is 0 Å². The summed E-state index contributed by atoms with van der Waals surface area (Å²) in [7, 11) is 0. The molecule has 0 aliphatic carbocycles. The Balaban J connectivity index is 3.41. The average molecular weight is 287 g/mol. The summed E-state index contributed by atoms with van der Waals surface area (Å²) in [6.45, 7) is 0. The molecule has 0 atom stereocenters. The summed E-state index contributed by atoms with van der Waals surface area (Å²) in [5, 5.41) is 9.91. The van der Waals surface area contributed by atoms with E-state index in [0.29, 0.717) is 0 Å². The van der Waals surface area contributed by atoms with Crippen LogP contribution < -0.4 is 0 Å². The molecule has 76 valence electrons. The number of rotatable bonds is 2. The maximum absolute atomic E-state index is 12.4. The van der Waals surface area contributed by atoms with Crippen LogP contribution >= 0.6 is 27.5 Å². The van der Waals surface area contributed by atoms with E-state index in [1.54, 1.807) is 0 Å². The Morgan fingerprint density at radius 3 is 2.64 bits per heavy atom. The van der Waals surface area contributed by atoms with Crippen molar-refractivity contribution in [3.63, 3.8) is 0 Å². The largest absolute Gasteiger partial charge is 0.302 e. The molecule has 0 saturated heterocycles. The number of hydrogen-bond donors (Lipinski definition) is 0. The molecule has 0 radical (unpaired) electrons. The van der Waals surface area contributed by atoms with E-state index in [9.17, 15) is 18.9 Å². The molecule has 0 N–H and O–H groups in total. The predicted molar refractivity (Wildman–Crippen MR) is 48.6 cm³/mol. The van der Waals surface area contributed by atoms with E-state index in [1.165, 1.54) is 0 Å². The van der Waals surface area contributed by atoms with Crippen LogP contribution in [0.25, 0.3) is 0 Å². The van der Waals surface area contributed by atoms with Gasteiger partial charge in [0.1, 0.15) is 15.8 Å². The Morgan fingerprint density at radius 1 is 1.64 bits per heavy atom. The molecule has 0 aliphatic rings. The van der Waals surface area contributed by atoms with Crippen LogP contribution in [0.2, 0.25) is 5.15 Å². The molecule has 1 heterocycles. The topological polar surface area (TPSA) is 56.0 Å². The average Bonchev–Trinajstić information content (AvgIpc) is 2.02. The van der Waals surface area contributed by atoms with Crippen molar-refractivity contribution >= 4 is 33.2 Å². The van der Waals surface area contributed by atoms with Gasteiger partial charge in [-0.05, 0) is 15.9 Å². The van der Waals surface area contributed by atoms with Gasteiger partial charge in [-0.2, -0.15) is 0 Å². The molecule has 4 nitrogen and oxygen atoms in total. The maximum Gasteiger partial charge on any atom is 0.302 e. The summed E-state index contributed by atoms with van der Waals surface area (Å²) in [6.07, 6.45) is -2.09. The van der Waals surface area contributed by atoms with E-state index in [1.807, 2.05) is 0 Å². The summed E-state index contributed by atoms with van der Waals surface area (Å²) >= 11 is 8.04. The highest BCUT2D eigenvalue weighted by atomic mass is 79.9. The van der Waals surface area contributed by atoms with Crippen LogP contribution in [0, 0.1) is 10.1 Å². The second kappa shape index (κ2) is 4.14. The zero-order valence-electron chi connectivity index (χ0n) is 6.38. The second-order valence-corrected chi connectivity index (χ2v) is 3.37. The van der Waals surface area contributed by atoms with Crippen LogP contribution in [0.5, 0.6) is 0 Å². The predicted octanol–water partition coefficient (Wildman–Crippen LogP) is 3.34. The van der Waals surface area contributed by atoms with Crippen molar-refractivity contribution in [2.75, 3.05) is 0 Å². The first-order valence-electron chi connectivity index (χ1n) is 3.21. The lowest BCUT2D eigenvalue weighted by atomic mass is 10.3. The molecule has 0 unspecified atom stereocenters. The van der Waals surface area contributed by atoms with Crippen molar-refractivity contribution in [3.8, 4) is 0 Å². The molecular weight excluding hydrogens is 285 g/mol. The lowest BCUT2D eigenvalue weighted by molar-refractivity contribution is -0.386. The van der Waals surface area contributed by atoms with Crippen molar-refractivity contribution in [2.24, 2.45) is 0 Å². The molecule has 0 saturated carbocycles. The standard InChI is InChI=1S/C6H2BrClF2N2O2/c7-4-2(12(13)14)1-11-5(8)3(4)6(9)10/h1,6H. The van der Waals surface area contributed by atoms with Crippen molar-refractivity contribution < 1.29 is 13.7 Å². The molecule has 0 amide bonds. The number of nitrogens with zero attached hydrogens (tertiary/aromatic N) is 2. The Bertz CT molecular complexity index is 388. The van der Waals surface area contributed by atoms with Crippen LogP contribution in [0.1, 0.15) is 12.0 Å². The van der Waals surface area contributed by atoms with Gasteiger partial charge in [0.2, 0.25) is 0 Å². The first-order valence-corrected chi connectivity index (χ1v) is 4.38. The van der Waals surface area contributed by atoms with Crippen molar-refractivity contribution in [1.29, 1.82) is 0 Å². The van der Waals surface area contributed by atoms with Gasteiger partial charge in [0.25, 0.3) is 6.43 Å². The van der Waals surface area contributed by atoms with Crippen LogP contribution in [0.4, 0.5) is 14.5 Å². The Hall–Kier alpha value is -0.820. The van der Waals surface area contributed by atoms with E-state index in [4.69, 9.17) is 11.6 Å². The van der Waals surface area contributed by atoms with Gasteiger partial charge in [-0.3, -0.25) is 10.1 Å². The Kier molecular flexibility index (Phi) is 3.33. The highest BCUT2D eigenvalue weighted by molar-refractivity contribution is 9.10. The van der Waals surface area contributed by atoms with Crippen LogP contribution in [-0.4, -0.2) is 9.91 Å². The van der Waals surface area contributed by atoms with E-state index < -0.39 is 27.8 Å². The van der Waals surface area contributed by atoms with Gasteiger partial charge in [-0.1, -0.05) is 11.6 Å². The third-order valence-electron chi connectivity index (χ3n) is 1.40. The Morgan fingerprint density at radius 2 is 2.21 bits per heavy atom. The molecule has 0 spiro atoms. The van der Waals surface area contributed by atoms with Gasteiger partial charge in [0, 0.05) is 0 Å². The lowest BCUT2D eigenvalue weighted by Crippen LogP contribution is -1.97. The van der Waals surface area contributed by atoms with Gasteiger partial charge in [-0.25, -0.2) is 13.8 Å². The number of alkyl halides is 2. The van der Waals surface area contributed by atoms with Crippen molar-refractivity contribution in [3.05, 3.63) is 31.5 Å². The fourth-order valence-corrected chi connectivity index (χ4v) is 1.73. The highest BCUT2D eigenvalue weighted by Gasteiger charge is 2.25. The fourth-order valence-electron chi connectivity index (χ4n) is 0.786. The molecule has 0 bridgehead atoms. The zero-order valence-corrected chi connectivity index (χ0v) is 8.72. The quantitative estimate of drug-likeness (QED) is 0.476. The molecule has 14 heavy (non-hydrogen) atoms. The van der Waals surface area contributed by atoms with Gasteiger partial charge in [0.15, 0.2) is 0 Å². The fraction of sp³-hybridized carbons (Fsp3) is 0.167. The van der Waals surface area contributed by atoms with Crippen LogP contribution in [0.15, 0.2) is 10.7 Å². The maximum atomic E-state index is 12.4. The molecule has 0 fully saturated rings. The summed E-state index contributed by atoms with van der Waals surface area (Å²) in [5.74, 6) is 0. The first kappa shape index (κ1) is 11.3. The molecular formula is C6H2BrClF2N2O2. The number of hydrogen-bond acceptors (Lipinski definition) is 3. The minimum absolute atomic E-state index is 0.336. The van der Waals surface area contributed by atoms with E-state index >= 15 is 0 Å². The van der Waals surface area contributed by atoms with E-state index in [0.717, 1.165) is 6.20 Å². The monoisotopic (exact) mass is 286 g/mol. The second-order valence-electron chi connectivity index (χ2n) is 2.22. The summed E-state index contributed by atoms with van der Waals surface area (Å²) in [6, 6.07) is 0. The van der Waals surface area contributed by atoms with Crippen molar-refractivity contribution in [2.45, 2.75) is 6.43 Å². The summed E-state index contributed by atoms with van der Waals surface area (Å²) < 4.78 is 24.4. The minimum atomic E-state index is -2.91. The molecule has 1 aromatic rings. The first-order chi connectivity index (χ1) is 6.45. The van der Waals surface area contributed by atoms with Gasteiger partial charge in [-0.15, -0.1) is 0 Å². The number of pyridine rings is 1. The van der Waals surface area contributed by atoms with Gasteiger partial charge < -0.3 is 0 Å². The number of nitro groups is 1. The summed E-state index contributed by atoms with van der Waals surface area (Å²) in [4.78, 5) is 12.8. The van der Waals surface area contributed by atoms with Crippen molar-refractivity contribution in [1.82, 2.24) is 4.98 Å². The number of halogens is 4. The van der Waals surface area contributed by atoms with Gasteiger partial charge in [0.05, 0.1) is 10.5 Å². The number of aromatic nitrogens is 1. The van der Waals surface area contributed by atoms with E-state index in [-0.39, 0.29) is 4.47 Å². The smallest absolute Gasteiger partial charge is 0.258 e. The molecule has 0 aliphatic heterocycles. The molecule has 8 heteroatoms. The molecule has 1 rings (SSSR count). The lowest BCUT2D eigenvalue weighted by Gasteiger charge is -2.04. The van der Waals surface area contributed by atoms with Gasteiger partial charge >= 0.3 is 5.69 Å². The molecule has 0 aromatic carbocycles. The summed E-state index contributed by atoms with van der Waals surface area (Å²) in [5.41, 5.74) is -1.20. The third-order valence-corrected chi connectivity index (χ3v) is 2.53. The Labute approximate surface area is 90.2 Å². The molecule has 1 aromatic heterocycles. The SMILES string of the molecule is O=[N+]([O-])c1cnc(Cl)c(C(F)F)c1Br. The minimum Gasteiger partial charge on any atom is -0.258 e. The highest BCUT2D eigenvalue weighted by Crippen LogP contribution is 2.37. The van der Waals surface area contributed by atoms with E-state index in [2.05, 4.69) is 20.9 Å². The third kappa shape index (κ3) is 1.98. The van der Waals surface area contributed by atoms with Crippen LogP contribution in [-0.2, 0) is 0 Å².